The molecule has 0 aliphatic heterocycles. The molecule has 6 aromatic carbocycles. The van der Waals surface area contributed by atoms with Crippen molar-refractivity contribution in [2.24, 2.45) is 0 Å². The van der Waals surface area contributed by atoms with E-state index in [1.807, 2.05) is 14.1 Å². The Morgan fingerprint density at radius 1 is 0.368 bits per heavy atom. The molecule has 0 saturated carbocycles. The summed E-state index contributed by atoms with van der Waals surface area (Å²) in [6, 6.07) is 35.4. The minimum absolute atomic E-state index is 0. The summed E-state index contributed by atoms with van der Waals surface area (Å²) in [7, 11) is 3.81. The van der Waals surface area contributed by atoms with Crippen LogP contribution in [0.3, 0.4) is 0 Å². The van der Waals surface area contributed by atoms with E-state index in [4.69, 9.17) is 0 Å². The minimum Gasteiger partial charge on any atom is -0.661 e. The molecule has 0 spiro atoms. The molecule has 0 saturated heterocycles. The van der Waals surface area contributed by atoms with Crippen LogP contribution in [0, 0.1) is 0 Å². The second-order valence-electron chi connectivity index (χ2n) is 9.22. The molecule has 2 nitrogen and oxygen atoms in total. The molecular formula is C33H28N2Y3-2. The van der Waals surface area contributed by atoms with E-state index in [1.165, 1.54) is 65.3 Å². The number of hydrogen-bond donors (Lipinski definition) is 0. The molecule has 0 atom stereocenters. The number of hydrogen-bond acceptors (Lipinski definition) is 0. The van der Waals surface area contributed by atoms with Gasteiger partial charge in [-0.25, -0.2) is 0 Å². The molecule has 0 fully saturated rings. The van der Waals surface area contributed by atoms with Crippen LogP contribution in [-0.4, -0.2) is 14.1 Å². The number of nitrogens with zero attached hydrogens (tertiary/aromatic N) is 2. The van der Waals surface area contributed by atoms with Gasteiger partial charge in [-0.2, -0.15) is 14.1 Å². The van der Waals surface area contributed by atoms with E-state index < -0.39 is 0 Å². The number of fused-ring (bicyclic) bond motifs is 4. The second kappa shape index (κ2) is 14.5. The van der Waals surface area contributed by atoms with Crippen LogP contribution in [0.2, 0.25) is 0 Å². The van der Waals surface area contributed by atoms with Crippen LogP contribution < -0.4 is 0 Å². The van der Waals surface area contributed by atoms with Gasteiger partial charge in [-0.05, 0) is 60.6 Å². The maximum absolute atomic E-state index is 4.52. The summed E-state index contributed by atoms with van der Waals surface area (Å²) < 4.78 is 0. The van der Waals surface area contributed by atoms with E-state index in [1.54, 1.807) is 0 Å². The fourth-order valence-corrected chi connectivity index (χ4v) is 5.83. The molecule has 0 aliphatic carbocycles. The predicted octanol–water partition coefficient (Wildman–Crippen LogP) is 8.89. The fourth-order valence-electron chi connectivity index (χ4n) is 5.83. The normalized spacial score (nSPS) is 10.8. The van der Waals surface area contributed by atoms with E-state index in [0.717, 1.165) is 19.5 Å². The topological polar surface area (TPSA) is 28.2 Å². The molecule has 5 heteroatoms. The number of benzene rings is 6. The van der Waals surface area contributed by atoms with Gasteiger partial charge < -0.3 is 10.6 Å². The zero-order valence-corrected chi connectivity index (χ0v) is 30.5. The van der Waals surface area contributed by atoms with Crippen molar-refractivity contribution in [1.82, 2.24) is 0 Å². The van der Waals surface area contributed by atoms with Crippen LogP contribution in [-0.2, 0) is 118 Å². The zero-order valence-electron chi connectivity index (χ0n) is 22.0. The molecule has 181 valence electrons. The summed E-state index contributed by atoms with van der Waals surface area (Å²) in [6.45, 7) is 1.45. The Morgan fingerprint density at radius 3 is 0.789 bits per heavy atom. The first-order valence-electron chi connectivity index (χ1n) is 12.3. The molecule has 0 bridgehead atoms. The molecule has 0 unspecified atom stereocenters. The molecule has 0 amide bonds. The minimum atomic E-state index is 0. The molecule has 6 rings (SSSR count). The molecule has 0 N–H and O–H groups in total. The number of rotatable bonds is 6. The Bertz CT molecular complexity index is 1470. The molecule has 38 heavy (non-hydrogen) atoms. The van der Waals surface area contributed by atoms with Crippen molar-refractivity contribution in [1.29, 1.82) is 0 Å². The van der Waals surface area contributed by atoms with E-state index in [0.29, 0.717) is 0 Å². The van der Waals surface area contributed by atoms with Gasteiger partial charge in [0.15, 0.2) is 0 Å². The first-order valence-corrected chi connectivity index (χ1v) is 12.3. The first kappa shape index (κ1) is 32.1. The summed E-state index contributed by atoms with van der Waals surface area (Å²) in [5.74, 6) is 0. The molecule has 0 heterocycles. The monoisotopic (exact) mass is 719 g/mol. The third-order valence-electron chi connectivity index (χ3n) is 7.30. The van der Waals surface area contributed by atoms with Crippen LogP contribution in [0.15, 0.2) is 97.1 Å². The van der Waals surface area contributed by atoms with Gasteiger partial charge in [0.05, 0.1) is 0 Å². The standard InChI is InChI=1S/C33H28N2.3Y/c1-34-20-32-26-15-7-3-11-22(26)30(23-12-4-8-16-27(23)32)19-31-24-13-5-9-17-28(24)33(21-35-2)29-18-10-6-14-25(29)31;;;/h3-18H,19-21H2,1-2H3;;;/q-2;;;. The van der Waals surface area contributed by atoms with Gasteiger partial charge in [0, 0.05) is 98.1 Å². The Kier molecular flexibility index (Phi) is 12.2. The summed E-state index contributed by atoms with van der Waals surface area (Å²) in [6.07, 6.45) is 0.870. The third kappa shape index (κ3) is 5.81. The second-order valence-corrected chi connectivity index (χ2v) is 9.22. The van der Waals surface area contributed by atoms with E-state index in [-0.39, 0.29) is 98.1 Å². The van der Waals surface area contributed by atoms with Crippen molar-refractivity contribution >= 4 is 43.1 Å². The molecule has 0 aliphatic rings. The third-order valence-corrected chi connectivity index (χ3v) is 7.30. The summed E-state index contributed by atoms with van der Waals surface area (Å²) in [5, 5.41) is 19.6. The summed E-state index contributed by atoms with van der Waals surface area (Å²) >= 11 is 0. The van der Waals surface area contributed by atoms with Crippen molar-refractivity contribution in [2.45, 2.75) is 19.5 Å². The Hall–Kier alpha value is -0.408. The predicted molar refractivity (Wildman–Crippen MR) is 152 cm³/mol. The average Bonchev–Trinajstić information content (AvgIpc) is 2.92. The smallest absolute Gasteiger partial charge is 0 e. The molecular weight excluding hydrogens is 691 g/mol. The van der Waals surface area contributed by atoms with Crippen LogP contribution in [0.25, 0.3) is 53.7 Å². The van der Waals surface area contributed by atoms with Gasteiger partial charge in [-0.15, -0.1) is 13.1 Å². The van der Waals surface area contributed by atoms with Crippen LogP contribution in [0.5, 0.6) is 0 Å². The maximum Gasteiger partial charge on any atom is 0 e. The van der Waals surface area contributed by atoms with E-state index in [2.05, 4.69) is 108 Å². The van der Waals surface area contributed by atoms with Crippen molar-refractivity contribution in [2.75, 3.05) is 14.1 Å². The average molecular weight is 719 g/mol. The largest absolute Gasteiger partial charge is 0.661 e. The van der Waals surface area contributed by atoms with Gasteiger partial charge in [-0.3, -0.25) is 0 Å². The zero-order chi connectivity index (χ0) is 23.8. The van der Waals surface area contributed by atoms with Gasteiger partial charge in [0.2, 0.25) is 0 Å². The van der Waals surface area contributed by atoms with Crippen LogP contribution in [0.4, 0.5) is 0 Å². The van der Waals surface area contributed by atoms with E-state index >= 15 is 0 Å². The van der Waals surface area contributed by atoms with Crippen molar-refractivity contribution in [3.05, 3.63) is 130 Å². The summed E-state index contributed by atoms with van der Waals surface area (Å²) in [4.78, 5) is 0. The van der Waals surface area contributed by atoms with Crippen LogP contribution >= 0.6 is 0 Å². The maximum atomic E-state index is 4.52. The van der Waals surface area contributed by atoms with Crippen molar-refractivity contribution in [3.8, 4) is 0 Å². The quantitative estimate of drug-likeness (QED) is 0.154. The molecule has 0 aromatic heterocycles. The van der Waals surface area contributed by atoms with Gasteiger partial charge in [-0.1, -0.05) is 108 Å². The first-order chi connectivity index (χ1) is 17.3. The van der Waals surface area contributed by atoms with Crippen molar-refractivity contribution in [3.63, 3.8) is 0 Å². The summed E-state index contributed by atoms with van der Waals surface area (Å²) in [5.41, 5.74) is 5.41. The fraction of sp³-hybridized carbons (Fsp3) is 0.152. The molecule has 6 aromatic rings. The van der Waals surface area contributed by atoms with Crippen LogP contribution in [0.1, 0.15) is 22.3 Å². The van der Waals surface area contributed by atoms with Gasteiger partial charge in [0.25, 0.3) is 0 Å². The molecule has 3 radical (unpaired) electrons. The van der Waals surface area contributed by atoms with Gasteiger partial charge in [0.1, 0.15) is 0 Å². The van der Waals surface area contributed by atoms with E-state index in [9.17, 15) is 0 Å². The Morgan fingerprint density at radius 2 is 0.579 bits per heavy atom. The van der Waals surface area contributed by atoms with Gasteiger partial charge >= 0.3 is 0 Å². The van der Waals surface area contributed by atoms with Crippen molar-refractivity contribution < 1.29 is 98.1 Å². The Balaban J connectivity index is 0.00000133. The Labute approximate surface area is 300 Å². The SMILES string of the molecule is C[N-]Cc1c2ccccc2c(Cc2c3ccccc3c(C[N-]C)c3ccccc23)c2ccccc12.[Y].[Y].[Y].